The molecule has 0 spiro atoms. The van der Waals surface area contributed by atoms with Crippen molar-refractivity contribution in [3.05, 3.63) is 52.5 Å². The molecule has 0 radical (unpaired) electrons. The number of halogens is 1. The fraction of sp³-hybridized carbons (Fsp3) is 0.381. The first kappa shape index (κ1) is 22.2. The third-order valence-corrected chi connectivity index (χ3v) is 7.17. The van der Waals surface area contributed by atoms with Crippen molar-refractivity contribution in [1.29, 1.82) is 0 Å². The van der Waals surface area contributed by atoms with E-state index < -0.39 is 15.9 Å². The van der Waals surface area contributed by atoms with Crippen LogP contribution in [-0.4, -0.2) is 58.1 Å². The van der Waals surface area contributed by atoms with E-state index in [9.17, 15) is 13.2 Å². The summed E-state index contributed by atoms with van der Waals surface area (Å²) in [4.78, 5) is 14.9. The number of hydrogen-bond acceptors (Lipinski definition) is 6. The van der Waals surface area contributed by atoms with Crippen LogP contribution in [0.25, 0.3) is 0 Å². The highest BCUT2D eigenvalue weighted by Crippen LogP contribution is 2.39. The minimum Gasteiger partial charge on any atom is -0.493 e. The Labute approximate surface area is 181 Å². The second-order valence-electron chi connectivity index (χ2n) is 7.00. The Kier molecular flexibility index (Phi) is 6.77. The largest absolute Gasteiger partial charge is 0.493 e. The Bertz CT molecular complexity index is 1010. The van der Waals surface area contributed by atoms with E-state index >= 15 is 0 Å². The van der Waals surface area contributed by atoms with E-state index in [-0.39, 0.29) is 24.0 Å². The summed E-state index contributed by atoms with van der Waals surface area (Å²) in [5.41, 5.74) is 1.05. The molecule has 162 valence electrons. The van der Waals surface area contributed by atoms with E-state index in [2.05, 4.69) is 0 Å². The maximum atomic E-state index is 13.4. The van der Waals surface area contributed by atoms with E-state index in [1.165, 1.54) is 21.3 Å². The van der Waals surface area contributed by atoms with E-state index in [0.717, 1.165) is 0 Å². The standard InChI is InChI=1S/C21H24ClNO6S/c1-27-18-10-14(11-19(28-2)20(18)29-3)12-23(15-8-9-30(25,26)13-15)21(24)16-6-4-5-7-17(16)22/h4-7,10-11,15H,8-9,12-13H2,1-3H3. The normalized spacial score (nSPS) is 17.4. The molecule has 1 fully saturated rings. The third kappa shape index (κ3) is 4.65. The van der Waals surface area contributed by atoms with Crippen molar-refractivity contribution in [3.8, 4) is 17.2 Å². The zero-order valence-corrected chi connectivity index (χ0v) is 18.6. The molecule has 0 aliphatic carbocycles. The molecule has 2 aromatic rings. The molecule has 30 heavy (non-hydrogen) atoms. The van der Waals surface area contributed by atoms with Crippen LogP contribution < -0.4 is 14.2 Å². The topological polar surface area (TPSA) is 82.1 Å². The Hall–Kier alpha value is -2.45. The lowest BCUT2D eigenvalue weighted by atomic mass is 10.1. The minimum absolute atomic E-state index is 0.0548. The molecule has 1 heterocycles. The number of amides is 1. The second-order valence-corrected chi connectivity index (χ2v) is 9.64. The summed E-state index contributed by atoms with van der Waals surface area (Å²) in [7, 11) is 1.34. The first-order chi connectivity index (χ1) is 14.3. The average molecular weight is 454 g/mol. The van der Waals surface area contributed by atoms with Gasteiger partial charge < -0.3 is 19.1 Å². The van der Waals surface area contributed by atoms with Gasteiger partial charge in [-0.1, -0.05) is 23.7 Å². The highest BCUT2D eigenvalue weighted by Gasteiger charge is 2.35. The fourth-order valence-corrected chi connectivity index (χ4v) is 5.55. The van der Waals surface area contributed by atoms with Gasteiger partial charge >= 0.3 is 0 Å². The lowest BCUT2D eigenvalue weighted by Gasteiger charge is -2.29. The molecule has 1 aliphatic rings. The van der Waals surface area contributed by atoms with Crippen LogP contribution in [0, 0.1) is 0 Å². The molecule has 9 heteroatoms. The predicted octanol–water partition coefficient (Wildman–Crippen LogP) is 3.20. The first-order valence-electron chi connectivity index (χ1n) is 9.34. The lowest BCUT2D eigenvalue weighted by molar-refractivity contribution is 0.0680. The number of carbonyl (C=O) groups is 1. The molecule has 1 amide bonds. The molecular formula is C21H24ClNO6S. The Morgan fingerprint density at radius 3 is 2.23 bits per heavy atom. The number of carbonyl (C=O) groups excluding carboxylic acids is 1. The maximum absolute atomic E-state index is 13.4. The minimum atomic E-state index is -3.19. The number of ether oxygens (including phenoxy) is 3. The fourth-order valence-electron chi connectivity index (χ4n) is 3.60. The van der Waals surface area contributed by atoms with Gasteiger partial charge in [-0.15, -0.1) is 0 Å². The van der Waals surface area contributed by atoms with Crippen molar-refractivity contribution in [2.45, 2.75) is 19.0 Å². The summed E-state index contributed by atoms with van der Waals surface area (Å²) in [6.07, 6.45) is 0.378. The molecule has 7 nitrogen and oxygen atoms in total. The summed E-state index contributed by atoms with van der Waals surface area (Å²) in [5, 5.41) is 0.318. The number of nitrogens with zero attached hydrogens (tertiary/aromatic N) is 1. The van der Waals surface area contributed by atoms with Crippen LogP contribution in [0.3, 0.4) is 0 Å². The molecule has 1 saturated heterocycles. The third-order valence-electron chi connectivity index (χ3n) is 5.09. The van der Waals surface area contributed by atoms with E-state index in [1.54, 1.807) is 41.3 Å². The quantitative estimate of drug-likeness (QED) is 0.640. The summed E-state index contributed by atoms with van der Waals surface area (Å²) in [6, 6.07) is 9.78. The second kappa shape index (κ2) is 9.14. The van der Waals surface area contributed by atoms with Gasteiger partial charge in [-0.25, -0.2) is 8.42 Å². The molecular weight excluding hydrogens is 430 g/mol. The first-order valence-corrected chi connectivity index (χ1v) is 11.5. The molecule has 0 bridgehead atoms. The molecule has 1 unspecified atom stereocenters. The number of rotatable bonds is 7. The van der Waals surface area contributed by atoms with E-state index in [1.807, 2.05) is 0 Å². The molecule has 0 N–H and O–H groups in total. The van der Waals surface area contributed by atoms with Crippen molar-refractivity contribution >= 4 is 27.3 Å². The summed E-state index contributed by atoms with van der Waals surface area (Å²) >= 11 is 6.24. The molecule has 0 aromatic heterocycles. The smallest absolute Gasteiger partial charge is 0.255 e. The Morgan fingerprint density at radius 1 is 1.10 bits per heavy atom. The number of hydrogen-bond donors (Lipinski definition) is 0. The Morgan fingerprint density at radius 2 is 1.73 bits per heavy atom. The van der Waals surface area contributed by atoms with Crippen molar-refractivity contribution < 1.29 is 27.4 Å². The van der Waals surface area contributed by atoms with Gasteiger partial charge in [0.05, 0.1) is 43.4 Å². The van der Waals surface area contributed by atoms with Gasteiger partial charge in [-0.3, -0.25) is 4.79 Å². The van der Waals surface area contributed by atoms with Crippen LogP contribution in [0.1, 0.15) is 22.3 Å². The average Bonchev–Trinajstić information content (AvgIpc) is 3.10. The van der Waals surface area contributed by atoms with Gasteiger partial charge in [0.2, 0.25) is 5.75 Å². The van der Waals surface area contributed by atoms with Crippen LogP contribution >= 0.6 is 11.6 Å². The van der Waals surface area contributed by atoms with Crippen molar-refractivity contribution in [3.63, 3.8) is 0 Å². The van der Waals surface area contributed by atoms with Gasteiger partial charge in [0.1, 0.15) is 0 Å². The predicted molar refractivity (Wildman–Crippen MR) is 114 cm³/mol. The highest BCUT2D eigenvalue weighted by atomic mass is 35.5. The summed E-state index contributed by atoms with van der Waals surface area (Å²) < 4.78 is 40.3. The van der Waals surface area contributed by atoms with Crippen LogP contribution in [0.4, 0.5) is 0 Å². The molecule has 1 aliphatic heterocycles. The number of sulfone groups is 1. The van der Waals surface area contributed by atoms with Gasteiger partial charge in [0.25, 0.3) is 5.91 Å². The van der Waals surface area contributed by atoms with E-state index in [4.69, 9.17) is 25.8 Å². The van der Waals surface area contributed by atoms with Crippen LogP contribution in [0.5, 0.6) is 17.2 Å². The zero-order valence-electron chi connectivity index (χ0n) is 17.1. The van der Waals surface area contributed by atoms with Crippen molar-refractivity contribution in [2.24, 2.45) is 0 Å². The molecule has 3 rings (SSSR count). The van der Waals surface area contributed by atoms with Crippen molar-refractivity contribution in [2.75, 3.05) is 32.8 Å². The SMILES string of the molecule is COc1cc(CN(C(=O)c2ccccc2Cl)C2CCS(=O)(=O)C2)cc(OC)c1OC. The maximum Gasteiger partial charge on any atom is 0.255 e. The molecule has 2 aromatic carbocycles. The van der Waals surface area contributed by atoms with Gasteiger partial charge in [0, 0.05) is 12.6 Å². The van der Waals surface area contributed by atoms with Crippen molar-refractivity contribution in [1.82, 2.24) is 4.90 Å². The monoisotopic (exact) mass is 453 g/mol. The van der Waals surface area contributed by atoms with Crippen LogP contribution in [0.2, 0.25) is 5.02 Å². The highest BCUT2D eigenvalue weighted by molar-refractivity contribution is 7.91. The Balaban J connectivity index is 2.01. The molecule has 1 atom stereocenters. The zero-order chi connectivity index (χ0) is 21.9. The number of benzene rings is 2. The van der Waals surface area contributed by atoms with Crippen LogP contribution in [0.15, 0.2) is 36.4 Å². The van der Waals surface area contributed by atoms with Gasteiger partial charge in [-0.05, 0) is 36.2 Å². The van der Waals surface area contributed by atoms with Crippen LogP contribution in [-0.2, 0) is 16.4 Å². The van der Waals surface area contributed by atoms with Gasteiger partial charge in [-0.2, -0.15) is 0 Å². The van der Waals surface area contributed by atoms with Gasteiger partial charge in [0.15, 0.2) is 21.3 Å². The van der Waals surface area contributed by atoms with E-state index in [0.29, 0.717) is 39.8 Å². The lowest BCUT2D eigenvalue weighted by Crippen LogP contribution is -2.40. The summed E-state index contributed by atoms with van der Waals surface area (Å²) in [5.74, 6) is 1.01. The summed E-state index contributed by atoms with van der Waals surface area (Å²) in [6.45, 7) is 0.168. The molecule has 0 saturated carbocycles. The number of methoxy groups -OCH3 is 3.